The third kappa shape index (κ3) is 1.15. The number of carbonyl (C=O) groups is 2. The van der Waals surface area contributed by atoms with Crippen molar-refractivity contribution in [2.45, 2.75) is 0 Å². The van der Waals surface area contributed by atoms with Gasteiger partial charge in [0.1, 0.15) is 0 Å². The van der Waals surface area contributed by atoms with Crippen LogP contribution in [-0.4, -0.2) is 27.3 Å². The molecule has 1 aromatic heterocycles. The smallest absolute Gasteiger partial charge is 0.371 e. The number of nitrogens with one attached hydrogen (secondary N) is 1. The summed E-state index contributed by atoms with van der Waals surface area (Å²) in [6.07, 6.45) is 0.648. The predicted molar refractivity (Wildman–Crippen MR) is 48.4 cm³/mol. The molecule has 0 aliphatic rings. The summed E-state index contributed by atoms with van der Waals surface area (Å²) in [6, 6.07) is 4.92. The van der Waals surface area contributed by atoms with Gasteiger partial charge in [0.05, 0.1) is 11.0 Å². The lowest BCUT2D eigenvalue weighted by atomic mass is 10.2. The minimum atomic E-state index is -1.14. The first-order chi connectivity index (χ1) is 6.72. The van der Waals surface area contributed by atoms with E-state index in [1.807, 2.05) is 0 Å². The average molecular weight is 190 g/mol. The molecule has 0 fully saturated rings. The molecule has 0 aliphatic heterocycles. The Labute approximate surface area is 78.4 Å². The standard InChI is InChI=1S/C9H6N2O3/c12-4-5-2-1-3-6-7(5)11-8(10-6)9(13)14/h1-4H,(H,10,11)(H,13,14). The van der Waals surface area contributed by atoms with E-state index in [0.29, 0.717) is 22.9 Å². The summed E-state index contributed by atoms with van der Waals surface area (Å²) >= 11 is 0. The Balaban J connectivity index is 2.76. The van der Waals surface area contributed by atoms with Crippen molar-refractivity contribution in [1.82, 2.24) is 9.97 Å². The first kappa shape index (κ1) is 8.43. The predicted octanol–water partition coefficient (Wildman–Crippen LogP) is 1.07. The normalized spacial score (nSPS) is 10.3. The van der Waals surface area contributed by atoms with Crippen molar-refractivity contribution in [3.05, 3.63) is 29.6 Å². The summed E-state index contributed by atoms with van der Waals surface area (Å²) in [5, 5.41) is 8.67. The van der Waals surface area contributed by atoms with Crippen molar-refractivity contribution in [1.29, 1.82) is 0 Å². The van der Waals surface area contributed by atoms with Gasteiger partial charge in [-0.2, -0.15) is 0 Å². The fourth-order valence-electron chi connectivity index (χ4n) is 1.25. The van der Waals surface area contributed by atoms with Crippen LogP contribution in [0.3, 0.4) is 0 Å². The summed E-state index contributed by atoms with van der Waals surface area (Å²) in [5.74, 6) is -1.30. The van der Waals surface area contributed by atoms with Crippen molar-refractivity contribution < 1.29 is 14.7 Å². The molecule has 1 aromatic carbocycles. The number of H-pyrrole nitrogens is 1. The third-order valence-corrected chi connectivity index (χ3v) is 1.87. The van der Waals surface area contributed by atoms with Crippen LogP contribution < -0.4 is 0 Å². The van der Waals surface area contributed by atoms with Crippen LogP contribution in [0, 0.1) is 0 Å². The monoisotopic (exact) mass is 190 g/mol. The van der Waals surface area contributed by atoms with Gasteiger partial charge in [-0.15, -0.1) is 0 Å². The third-order valence-electron chi connectivity index (χ3n) is 1.87. The highest BCUT2D eigenvalue weighted by molar-refractivity contribution is 5.97. The van der Waals surface area contributed by atoms with Crippen LogP contribution in [0.1, 0.15) is 21.0 Å². The summed E-state index contributed by atoms with van der Waals surface area (Å²) in [6.45, 7) is 0. The molecule has 0 spiro atoms. The summed E-state index contributed by atoms with van der Waals surface area (Å²) in [7, 11) is 0. The van der Waals surface area contributed by atoms with Crippen LogP contribution >= 0.6 is 0 Å². The highest BCUT2D eigenvalue weighted by atomic mass is 16.4. The number of aldehydes is 1. The highest BCUT2D eigenvalue weighted by Gasteiger charge is 2.11. The molecule has 14 heavy (non-hydrogen) atoms. The van der Waals surface area contributed by atoms with Crippen LogP contribution in [-0.2, 0) is 0 Å². The van der Waals surface area contributed by atoms with Crippen LogP contribution in [0.15, 0.2) is 18.2 Å². The van der Waals surface area contributed by atoms with Crippen molar-refractivity contribution in [2.75, 3.05) is 0 Å². The number of rotatable bonds is 2. The van der Waals surface area contributed by atoms with Gasteiger partial charge >= 0.3 is 5.97 Å². The lowest BCUT2D eigenvalue weighted by molar-refractivity contribution is 0.0685. The van der Waals surface area contributed by atoms with Gasteiger partial charge in [-0.1, -0.05) is 6.07 Å². The van der Waals surface area contributed by atoms with E-state index in [0.717, 1.165) is 0 Å². The maximum Gasteiger partial charge on any atom is 0.371 e. The zero-order valence-electron chi connectivity index (χ0n) is 7.02. The molecule has 0 saturated carbocycles. The lowest BCUT2D eigenvalue weighted by Gasteiger charge is -1.89. The minimum absolute atomic E-state index is 0.158. The van der Waals surface area contributed by atoms with Crippen LogP contribution in [0.4, 0.5) is 0 Å². The Morgan fingerprint density at radius 1 is 1.50 bits per heavy atom. The van der Waals surface area contributed by atoms with Gasteiger partial charge in [-0.05, 0) is 12.1 Å². The van der Waals surface area contributed by atoms with Gasteiger partial charge in [0, 0.05) is 5.56 Å². The number of fused-ring (bicyclic) bond motifs is 1. The fraction of sp³-hybridized carbons (Fsp3) is 0. The van der Waals surface area contributed by atoms with Gasteiger partial charge < -0.3 is 10.1 Å². The number of carbonyl (C=O) groups excluding carboxylic acids is 1. The molecule has 2 aromatic rings. The molecule has 5 nitrogen and oxygen atoms in total. The molecule has 70 valence electrons. The second-order valence-electron chi connectivity index (χ2n) is 2.75. The van der Waals surface area contributed by atoms with E-state index in [1.165, 1.54) is 0 Å². The average Bonchev–Trinajstić information content (AvgIpc) is 2.60. The number of carboxylic acid groups (broad SMARTS) is 1. The molecule has 5 heteroatoms. The molecule has 2 rings (SSSR count). The quantitative estimate of drug-likeness (QED) is 0.694. The molecule has 0 unspecified atom stereocenters. The Kier molecular flexibility index (Phi) is 1.78. The Hall–Kier alpha value is -2.17. The topological polar surface area (TPSA) is 83.0 Å². The molecule has 0 aliphatic carbocycles. The number of benzene rings is 1. The molecule has 0 radical (unpaired) electrons. The van der Waals surface area contributed by atoms with E-state index in [-0.39, 0.29) is 5.82 Å². The van der Waals surface area contributed by atoms with Crippen molar-refractivity contribution in [3.63, 3.8) is 0 Å². The number of para-hydroxylation sites is 1. The van der Waals surface area contributed by atoms with Crippen LogP contribution in [0.2, 0.25) is 0 Å². The number of hydrogen-bond acceptors (Lipinski definition) is 3. The van der Waals surface area contributed by atoms with E-state index >= 15 is 0 Å². The second kappa shape index (κ2) is 2.95. The summed E-state index contributed by atoms with van der Waals surface area (Å²) in [5.41, 5.74) is 1.32. The van der Waals surface area contributed by atoms with Gasteiger partial charge in [0.2, 0.25) is 5.82 Å². The van der Waals surface area contributed by atoms with E-state index in [2.05, 4.69) is 9.97 Å². The fourth-order valence-corrected chi connectivity index (χ4v) is 1.25. The number of aromatic amines is 1. The summed E-state index contributed by atoms with van der Waals surface area (Å²) < 4.78 is 0. The minimum Gasteiger partial charge on any atom is -0.475 e. The Bertz CT molecular complexity index is 516. The maximum atomic E-state index is 10.6. The molecule has 0 saturated heterocycles. The molecular weight excluding hydrogens is 184 g/mol. The Morgan fingerprint density at radius 3 is 2.93 bits per heavy atom. The zero-order chi connectivity index (χ0) is 10.1. The number of aromatic nitrogens is 2. The van der Waals surface area contributed by atoms with Gasteiger partial charge in [-0.25, -0.2) is 9.78 Å². The largest absolute Gasteiger partial charge is 0.475 e. The van der Waals surface area contributed by atoms with Crippen molar-refractivity contribution in [3.8, 4) is 0 Å². The van der Waals surface area contributed by atoms with Crippen molar-refractivity contribution in [2.24, 2.45) is 0 Å². The lowest BCUT2D eigenvalue weighted by Crippen LogP contribution is -1.97. The summed E-state index contributed by atoms with van der Waals surface area (Å²) in [4.78, 5) is 27.6. The van der Waals surface area contributed by atoms with Gasteiger partial charge in [0.15, 0.2) is 6.29 Å². The van der Waals surface area contributed by atoms with Crippen LogP contribution in [0.25, 0.3) is 11.0 Å². The van der Waals surface area contributed by atoms with Crippen LogP contribution in [0.5, 0.6) is 0 Å². The Morgan fingerprint density at radius 2 is 2.29 bits per heavy atom. The molecule has 0 amide bonds. The molecule has 2 N–H and O–H groups in total. The first-order valence-electron chi connectivity index (χ1n) is 3.89. The van der Waals surface area contributed by atoms with E-state index in [4.69, 9.17) is 5.11 Å². The number of nitrogens with zero attached hydrogens (tertiary/aromatic N) is 1. The first-order valence-corrected chi connectivity index (χ1v) is 3.89. The zero-order valence-corrected chi connectivity index (χ0v) is 7.02. The highest BCUT2D eigenvalue weighted by Crippen LogP contribution is 2.14. The second-order valence-corrected chi connectivity index (χ2v) is 2.75. The van der Waals surface area contributed by atoms with Gasteiger partial charge in [-0.3, -0.25) is 4.79 Å². The molecule has 1 heterocycles. The van der Waals surface area contributed by atoms with E-state index < -0.39 is 5.97 Å². The van der Waals surface area contributed by atoms with Gasteiger partial charge in [0.25, 0.3) is 0 Å². The molecule has 0 atom stereocenters. The SMILES string of the molecule is O=Cc1cccc2[nH]c(C(=O)O)nc12. The molecule has 0 bridgehead atoms. The number of carboxylic acids is 1. The maximum absolute atomic E-state index is 10.6. The number of imidazole rings is 1. The van der Waals surface area contributed by atoms with E-state index in [1.54, 1.807) is 18.2 Å². The molecular formula is C9H6N2O3. The van der Waals surface area contributed by atoms with Crippen molar-refractivity contribution >= 4 is 23.3 Å². The van der Waals surface area contributed by atoms with E-state index in [9.17, 15) is 9.59 Å². The number of hydrogen-bond donors (Lipinski definition) is 2. The number of aromatic carboxylic acids is 1.